The summed E-state index contributed by atoms with van der Waals surface area (Å²) in [6.45, 7) is 3.98. The first-order valence-corrected chi connectivity index (χ1v) is 11.1. The van der Waals surface area contributed by atoms with E-state index >= 15 is 0 Å². The highest BCUT2D eigenvalue weighted by Crippen LogP contribution is 2.32. The Balaban J connectivity index is 0.000000224. The molecule has 0 saturated heterocycles. The molecule has 0 saturated carbocycles. The van der Waals surface area contributed by atoms with Gasteiger partial charge in [0.25, 0.3) is 0 Å². The summed E-state index contributed by atoms with van der Waals surface area (Å²) in [6, 6.07) is -0.980. The summed E-state index contributed by atoms with van der Waals surface area (Å²) in [5.74, 6) is -0.287. The molecule has 2 amide bonds. The Morgan fingerprint density at radius 2 is 1.75 bits per heavy atom. The maximum atomic E-state index is 11.9. The lowest BCUT2D eigenvalue weighted by Crippen LogP contribution is -2.34. The van der Waals surface area contributed by atoms with Crippen molar-refractivity contribution < 1.29 is 9.59 Å². The summed E-state index contributed by atoms with van der Waals surface area (Å²) < 4.78 is 5.25. The molecule has 11 heteroatoms. The summed E-state index contributed by atoms with van der Waals surface area (Å²) in [5, 5.41) is 9.26. The second kappa shape index (κ2) is 10.4. The SMILES string of the molecule is C.Cc1c2c(n(C)c1I)CCC(N=[N+]=[N-])C(=O)N2.Cc1cn(C)c2c1NC(=O)C(N)CC2. The number of hydrogen-bond acceptors (Lipinski definition) is 4. The fourth-order valence-electron chi connectivity index (χ4n) is 4.05. The standard InChI is InChI=1S/C10H12IN5O.C10H15N3O.CH4/c1-5-8-7(16(2)9(5)11)4-3-6(14-15-12)10(17)13-8;1-6-5-13(2)8-4-3-7(11)10(14)12-9(6)8;/h6H,3-4H2,1-2H3,(H,13,17);5,7H,3-4,11H2,1-2H3,(H,12,14);1H4. The molecule has 2 unspecified atom stereocenters. The highest BCUT2D eigenvalue weighted by molar-refractivity contribution is 14.1. The number of azide groups is 1. The van der Waals surface area contributed by atoms with Crippen LogP contribution in [-0.4, -0.2) is 33.0 Å². The zero-order valence-corrected chi connectivity index (χ0v) is 20.2. The Kier molecular flexibility index (Phi) is 8.38. The second-order valence-corrected chi connectivity index (χ2v) is 8.95. The van der Waals surface area contributed by atoms with Crippen LogP contribution in [0.3, 0.4) is 0 Å². The van der Waals surface area contributed by atoms with Crippen molar-refractivity contribution in [3.63, 3.8) is 0 Å². The molecule has 0 spiro atoms. The first kappa shape index (κ1) is 25.8. The number of rotatable bonds is 1. The fraction of sp³-hybridized carbons (Fsp3) is 0.524. The van der Waals surface area contributed by atoms with Crippen LogP contribution < -0.4 is 16.4 Å². The molecule has 0 aromatic carbocycles. The van der Waals surface area contributed by atoms with Gasteiger partial charge in [-0.2, -0.15) is 0 Å². The van der Waals surface area contributed by atoms with Crippen molar-refractivity contribution in [1.82, 2.24) is 9.13 Å². The first-order chi connectivity index (χ1) is 14.6. The summed E-state index contributed by atoms with van der Waals surface area (Å²) >= 11 is 2.26. The molecule has 4 heterocycles. The Morgan fingerprint density at radius 1 is 1.12 bits per heavy atom. The van der Waals surface area contributed by atoms with Crippen molar-refractivity contribution in [1.29, 1.82) is 0 Å². The summed E-state index contributed by atoms with van der Waals surface area (Å²) in [5.41, 5.74) is 20.4. The molecule has 4 N–H and O–H groups in total. The average molecular weight is 554 g/mol. The lowest BCUT2D eigenvalue weighted by Gasteiger charge is -2.06. The molecule has 0 aliphatic carbocycles. The van der Waals surface area contributed by atoms with E-state index in [-0.39, 0.29) is 25.3 Å². The Morgan fingerprint density at radius 3 is 2.41 bits per heavy atom. The Labute approximate surface area is 201 Å². The van der Waals surface area contributed by atoms with Crippen molar-refractivity contribution in [3.05, 3.63) is 42.9 Å². The minimum Gasteiger partial charge on any atom is -0.352 e. The van der Waals surface area contributed by atoms with Gasteiger partial charge in [0.15, 0.2) is 0 Å². The smallest absolute Gasteiger partial charge is 0.241 e. The quantitative estimate of drug-likeness (QED) is 0.214. The van der Waals surface area contributed by atoms with Crippen LogP contribution in [0.1, 0.15) is 42.8 Å². The van der Waals surface area contributed by atoms with Crippen molar-refractivity contribution in [2.24, 2.45) is 24.9 Å². The van der Waals surface area contributed by atoms with Gasteiger partial charge in [0.2, 0.25) is 11.8 Å². The van der Waals surface area contributed by atoms with E-state index in [1.807, 2.05) is 34.1 Å². The van der Waals surface area contributed by atoms with Gasteiger partial charge in [-0.15, -0.1) is 0 Å². The van der Waals surface area contributed by atoms with Gasteiger partial charge >= 0.3 is 0 Å². The number of amides is 2. The van der Waals surface area contributed by atoms with Crippen LogP contribution in [0.5, 0.6) is 0 Å². The van der Waals surface area contributed by atoms with E-state index in [2.05, 4.69) is 52.4 Å². The van der Waals surface area contributed by atoms with Gasteiger partial charge in [-0.25, -0.2) is 0 Å². The number of nitrogens with one attached hydrogen (secondary N) is 2. The number of carbonyl (C=O) groups excluding carboxylic acids is 2. The van der Waals surface area contributed by atoms with Gasteiger partial charge in [0, 0.05) is 42.2 Å². The summed E-state index contributed by atoms with van der Waals surface area (Å²) in [4.78, 5) is 26.1. The highest BCUT2D eigenvalue weighted by atomic mass is 127. The van der Waals surface area contributed by atoms with E-state index in [4.69, 9.17) is 11.3 Å². The van der Waals surface area contributed by atoms with Crippen LogP contribution in [0, 0.1) is 17.5 Å². The number of halogens is 1. The van der Waals surface area contributed by atoms with Gasteiger partial charge in [0.05, 0.1) is 21.1 Å². The molecule has 0 fully saturated rings. The number of aromatic nitrogens is 2. The van der Waals surface area contributed by atoms with Crippen LogP contribution in [-0.2, 0) is 36.5 Å². The average Bonchev–Trinajstić information content (AvgIpc) is 2.95. The zero-order valence-electron chi connectivity index (χ0n) is 18.1. The normalized spacial score (nSPS) is 19.4. The van der Waals surface area contributed by atoms with Crippen LogP contribution in [0.25, 0.3) is 10.4 Å². The van der Waals surface area contributed by atoms with Gasteiger partial charge in [-0.05, 0) is 73.2 Å². The number of hydrogen-bond donors (Lipinski definition) is 3. The Hall–Kier alpha value is -2.50. The van der Waals surface area contributed by atoms with E-state index < -0.39 is 6.04 Å². The van der Waals surface area contributed by atoms with Gasteiger partial charge in [-0.3, -0.25) is 9.59 Å². The predicted molar refractivity (Wildman–Crippen MR) is 135 cm³/mol. The van der Waals surface area contributed by atoms with E-state index in [1.165, 1.54) is 5.69 Å². The van der Waals surface area contributed by atoms with Gasteiger partial charge in [0.1, 0.15) is 6.04 Å². The van der Waals surface area contributed by atoms with E-state index in [9.17, 15) is 9.59 Å². The number of carbonyl (C=O) groups is 2. The molecule has 2 aromatic rings. The number of aryl methyl sites for hydroxylation is 2. The maximum Gasteiger partial charge on any atom is 0.241 e. The van der Waals surface area contributed by atoms with E-state index in [1.54, 1.807) is 0 Å². The Bertz CT molecular complexity index is 1080. The number of nitrogens with zero attached hydrogens (tertiary/aromatic N) is 5. The van der Waals surface area contributed by atoms with E-state index in [0.717, 1.165) is 51.2 Å². The van der Waals surface area contributed by atoms with Gasteiger partial charge < -0.3 is 25.5 Å². The molecule has 0 radical (unpaired) electrons. The molecule has 2 aliphatic heterocycles. The zero-order chi connectivity index (χ0) is 22.9. The minimum atomic E-state index is -0.607. The highest BCUT2D eigenvalue weighted by Gasteiger charge is 2.27. The molecule has 32 heavy (non-hydrogen) atoms. The van der Waals surface area contributed by atoms with Crippen LogP contribution in [0.15, 0.2) is 11.3 Å². The third-order valence-electron chi connectivity index (χ3n) is 5.84. The molecule has 2 atom stereocenters. The summed E-state index contributed by atoms with van der Waals surface area (Å²) in [7, 11) is 3.97. The number of fused-ring (bicyclic) bond motifs is 2. The van der Waals surface area contributed by atoms with Crippen LogP contribution in [0.4, 0.5) is 11.4 Å². The molecular weight excluding hydrogens is 523 g/mol. The molecule has 10 nitrogen and oxygen atoms in total. The van der Waals surface area contributed by atoms with Crippen molar-refractivity contribution in [3.8, 4) is 0 Å². The third kappa shape index (κ3) is 4.94. The summed E-state index contributed by atoms with van der Waals surface area (Å²) in [6.07, 6.45) is 4.89. The van der Waals surface area contributed by atoms with Crippen molar-refractivity contribution in [2.75, 3.05) is 10.6 Å². The van der Waals surface area contributed by atoms with Crippen molar-refractivity contribution >= 4 is 45.8 Å². The van der Waals surface area contributed by atoms with Gasteiger partial charge in [-0.1, -0.05) is 12.5 Å². The number of anilines is 2. The third-order valence-corrected chi connectivity index (χ3v) is 7.37. The molecule has 174 valence electrons. The first-order valence-electron chi connectivity index (χ1n) is 10.1. The monoisotopic (exact) mass is 554 g/mol. The largest absolute Gasteiger partial charge is 0.352 e. The van der Waals surface area contributed by atoms with Crippen molar-refractivity contribution in [2.45, 2.75) is 59.0 Å². The predicted octanol–water partition coefficient (Wildman–Crippen LogP) is 3.68. The molecule has 2 aromatic heterocycles. The second-order valence-electron chi connectivity index (χ2n) is 7.92. The molecule has 2 aliphatic rings. The maximum absolute atomic E-state index is 11.9. The molecule has 0 bridgehead atoms. The topological polar surface area (TPSA) is 143 Å². The lowest BCUT2D eigenvalue weighted by atomic mass is 10.1. The molecule has 4 rings (SSSR count). The molecular formula is C21H31IN8O2. The van der Waals surface area contributed by atoms with Crippen LogP contribution in [0.2, 0.25) is 0 Å². The fourth-order valence-corrected chi connectivity index (χ4v) is 4.61. The number of nitrogens with two attached hydrogens (primary N) is 1. The van der Waals surface area contributed by atoms with Crippen LogP contribution >= 0.6 is 22.6 Å². The lowest BCUT2D eigenvalue weighted by molar-refractivity contribution is -0.118. The van der Waals surface area contributed by atoms with E-state index in [0.29, 0.717) is 6.42 Å². The minimum absolute atomic E-state index is 0.